The fourth-order valence-electron chi connectivity index (χ4n) is 2.15. The number of carbonyl (C=O) groups excluding carboxylic acids is 2. The Morgan fingerprint density at radius 1 is 0.875 bits per heavy atom. The van der Waals surface area contributed by atoms with E-state index in [9.17, 15) is 9.59 Å². The fourth-order valence-corrected chi connectivity index (χ4v) is 2.15. The first-order valence-electron chi connectivity index (χ1n) is 8.52. The van der Waals surface area contributed by atoms with Crippen molar-refractivity contribution in [1.29, 1.82) is 0 Å². The van der Waals surface area contributed by atoms with Crippen molar-refractivity contribution in [3.63, 3.8) is 0 Å². The molecule has 0 aliphatic carbocycles. The molecule has 2 rings (SSSR count). The molecule has 2 aromatic rings. The highest BCUT2D eigenvalue weighted by Crippen LogP contribution is 1.98. The van der Waals surface area contributed by atoms with E-state index in [1.807, 2.05) is 60.7 Å². The highest BCUT2D eigenvalue weighted by atomic mass is 16.2. The van der Waals surface area contributed by atoms with Gasteiger partial charge in [0.25, 0.3) is 0 Å². The van der Waals surface area contributed by atoms with Crippen LogP contribution in [-0.2, 0) is 17.6 Å². The lowest BCUT2D eigenvalue weighted by atomic mass is 10.1. The summed E-state index contributed by atoms with van der Waals surface area (Å²) in [4.78, 5) is 23.4. The van der Waals surface area contributed by atoms with Crippen LogP contribution in [0, 0.1) is 0 Å². The number of nitrogens with one attached hydrogen (secondary N) is 3. The molecule has 3 N–H and O–H groups in total. The highest BCUT2D eigenvalue weighted by molar-refractivity contribution is 5.95. The standard InChI is InChI=1S/C19H23N3O2/c23-18(15-20-13-11-16-7-3-1-4-8-16)22-19(24)21-14-12-17-9-5-2-6-10-17/h1-10,20H,11-15H2,(H2,21,22,23,24)/i13D/t13-/m0/s1. The second-order valence-corrected chi connectivity index (χ2v) is 5.31. The third-order valence-electron chi connectivity index (χ3n) is 3.38. The zero-order valence-electron chi connectivity index (χ0n) is 14.5. The quantitative estimate of drug-likeness (QED) is 0.694. The van der Waals surface area contributed by atoms with Crippen molar-refractivity contribution in [2.24, 2.45) is 0 Å². The van der Waals surface area contributed by atoms with Gasteiger partial charge in [0.2, 0.25) is 5.91 Å². The molecule has 0 aliphatic heterocycles. The normalized spacial score (nSPS) is 12.1. The zero-order chi connectivity index (χ0) is 17.9. The summed E-state index contributed by atoms with van der Waals surface area (Å²) >= 11 is 0. The van der Waals surface area contributed by atoms with E-state index in [1.54, 1.807) is 0 Å². The molecule has 0 aromatic heterocycles. The number of imide groups is 1. The van der Waals surface area contributed by atoms with Crippen LogP contribution in [0.5, 0.6) is 0 Å². The molecular weight excluding hydrogens is 302 g/mol. The maximum atomic E-state index is 11.7. The Balaban J connectivity index is 1.60. The molecule has 1 atom stereocenters. The molecule has 0 bridgehead atoms. The van der Waals surface area contributed by atoms with E-state index in [0.717, 1.165) is 11.1 Å². The Hall–Kier alpha value is -2.66. The van der Waals surface area contributed by atoms with E-state index in [0.29, 0.717) is 19.4 Å². The number of urea groups is 1. The zero-order valence-corrected chi connectivity index (χ0v) is 13.5. The van der Waals surface area contributed by atoms with Crippen molar-refractivity contribution in [3.05, 3.63) is 71.8 Å². The van der Waals surface area contributed by atoms with Gasteiger partial charge >= 0.3 is 6.03 Å². The van der Waals surface area contributed by atoms with Crippen LogP contribution in [0.15, 0.2) is 60.7 Å². The van der Waals surface area contributed by atoms with E-state index >= 15 is 0 Å². The predicted octanol–water partition coefficient (Wildman–Crippen LogP) is 1.89. The first-order chi connectivity index (χ1) is 12.1. The molecule has 0 aliphatic rings. The number of amides is 3. The van der Waals surface area contributed by atoms with Crippen molar-refractivity contribution in [2.45, 2.75) is 12.8 Å². The molecule has 2 aromatic carbocycles. The summed E-state index contributed by atoms with van der Waals surface area (Å²) in [5, 5.41) is 7.69. The Bertz CT molecular complexity index is 665. The second-order valence-electron chi connectivity index (χ2n) is 5.31. The molecule has 0 fully saturated rings. The van der Waals surface area contributed by atoms with Gasteiger partial charge in [-0.05, 0) is 30.5 Å². The summed E-state index contributed by atoms with van der Waals surface area (Å²) in [6.45, 7) is -0.229. The van der Waals surface area contributed by atoms with Crippen LogP contribution in [0.2, 0.25) is 0 Å². The minimum Gasteiger partial charge on any atom is -0.337 e. The average molecular weight is 326 g/mol. The summed E-state index contributed by atoms with van der Waals surface area (Å²) in [5.74, 6) is -0.456. The maximum absolute atomic E-state index is 11.7. The third-order valence-corrected chi connectivity index (χ3v) is 3.38. The van der Waals surface area contributed by atoms with Crippen LogP contribution >= 0.6 is 0 Å². The minimum atomic E-state index is -0.603. The van der Waals surface area contributed by atoms with Gasteiger partial charge in [-0.2, -0.15) is 0 Å². The minimum absolute atomic E-state index is 0.0763. The molecule has 0 heterocycles. The van der Waals surface area contributed by atoms with E-state index in [1.165, 1.54) is 0 Å². The van der Waals surface area contributed by atoms with Gasteiger partial charge in [0, 0.05) is 7.92 Å². The number of hydrogen-bond donors (Lipinski definition) is 3. The largest absolute Gasteiger partial charge is 0.337 e. The van der Waals surface area contributed by atoms with Gasteiger partial charge in [0.05, 0.1) is 6.54 Å². The van der Waals surface area contributed by atoms with Crippen LogP contribution in [0.3, 0.4) is 0 Å². The molecule has 0 unspecified atom stereocenters. The van der Waals surface area contributed by atoms with Crippen LogP contribution in [0.4, 0.5) is 4.79 Å². The summed E-state index contributed by atoms with van der Waals surface area (Å²) < 4.78 is 7.90. The second kappa shape index (κ2) is 10.2. The molecular formula is C19H23N3O2. The molecule has 0 saturated heterocycles. The van der Waals surface area contributed by atoms with Crippen molar-refractivity contribution >= 4 is 11.9 Å². The van der Waals surface area contributed by atoms with Gasteiger partial charge < -0.3 is 10.6 Å². The van der Waals surface area contributed by atoms with Crippen LogP contribution in [0.1, 0.15) is 12.5 Å². The lowest BCUT2D eigenvalue weighted by Gasteiger charge is -2.08. The third kappa shape index (κ3) is 7.07. The van der Waals surface area contributed by atoms with Crippen molar-refractivity contribution < 1.29 is 11.0 Å². The van der Waals surface area contributed by atoms with Crippen LogP contribution in [0.25, 0.3) is 0 Å². The predicted molar refractivity (Wildman–Crippen MR) is 94.7 cm³/mol. The van der Waals surface area contributed by atoms with E-state index in [2.05, 4.69) is 16.0 Å². The summed E-state index contributed by atoms with van der Waals surface area (Å²) in [6.07, 6.45) is 1.20. The number of benzene rings is 2. The Morgan fingerprint density at radius 2 is 1.46 bits per heavy atom. The Morgan fingerprint density at radius 3 is 2.08 bits per heavy atom. The van der Waals surface area contributed by atoms with Gasteiger partial charge in [-0.1, -0.05) is 60.7 Å². The van der Waals surface area contributed by atoms with Gasteiger partial charge in [-0.25, -0.2) is 4.79 Å². The van der Waals surface area contributed by atoms with Gasteiger partial charge in [0.1, 0.15) is 0 Å². The fraction of sp³-hybridized carbons (Fsp3) is 0.263. The maximum Gasteiger partial charge on any atom is 0.321 e. The summed E-state index contributed by atoms with van der Waals surface area (Å²) in [5.41, 5.74) is 2.14. The molecule has 3 amide bonds. The Labute approximate surface area is 143 Å². The SMILES string of the molecule is [2H][C@@H](Cc1ccccc1)NCC(=O)NC(=O)NCCc1ccccc1. The lowest BCUT2D eigenvalue weighted by molar-refractivity contribution is -0.119. The molecule has 24 heavy (non-hydrogen) atoms. The molecule has 0 spiro atoms. The summed E-state index contributed by atoms with van der Waals surface area (Å²) in [6, 6.07) is 18.9. The first kappa shape index (κ1) is 16.2. The number of aryl methyl sites for hydroxylation is 1. The van der Waals surface area contributed by atoms with Crippen LogP contribution < -0.4 is 16.0 Å². The molecule has 126 valence electrons. The smallest absolute Gasteiger partial charge is 0.321 e. The molecule has 0 radical (unpaired) electrons. The highest BCUT2D eigenvalue weighted by Gasteiger charge is 2.06. The van der Waals surface area contributed by atoms with E-state index in [4.69, 9.17) is 1.37 Å². The lowest BCUT2D eigenvalue weighted by Crippen LogP contribution is -2.44. The van der Waals surface area contributed by atoms with Gasteiger partial charge in [-0.3, -0.25) is 10.1 Å². The number of carbonyl (C=O) groups is 2. The van der Waals surface area contributed by atoms with E-state index < -0.39 is 18.5 Å². The first-order valence-corrected chi connectivity index (χ1v) is 7.94. The molecule has 0 saturated carbocycles. The topological polar surface area (TPSA) is 70.2 Å². The Kier molecular flexibility index (Phi) is 6.87. The number of rotatable bonds is 8. The summed E-state index contributed by atoms with van der Waals surface area (Å²) in [7, 11) is 0. The van der Waals surface area contributed by atoms with Crippen LogP contribution in [-0.4, -0.2) is 31.5 Å². The van der Waals surface area contributed by atoms with E-state index in [-0.39, 0.29) is 6.54 Å². The van der Waals surface area contributed by atoms with Gasteiger partial charge in [0.15, 0.2) is 0 Å². The molecule has 5 heteroatoms. The average Bonchev–Trinajstić information content (AvgIpc) is 2.62. The van der Waals surface area contributed by atoms with Crippen molar-refractivity contribution in [3.8, 4) is 0 Å². The van der Waals surface area contributed by atoms with Gasteiger partial charge in [-0.15, -0.1) is 0 Å². The molecule has 5 nitrogen and oxygen atoms in total. The number of hydrogen-bond acceptors (Lipinski definition) is 3. The monoisotopic (exact) mass is 326 g/mol. The van der Waals surface area contributed by atoms with Crippen molar-refractivity contribution in [2.75, 3.05) is 19.6 Å². The van der Waals surface area contributed by atoms with Crippen molar-refractivity contribution in [1.82, 2.24) is 16.0 Å².